The van der Waals surface area contributed by atoms with Gasteiger partial charge in [0, 0.05) is 6.54 Å². The highest BCUT2D eigenvalue weighted by atomic mass is 19.1. The summed E-state index contributed by atoms with van der Waals surface area (Å²) in [5.74, 6) is -0.570. The first-order chi connectivity index (χ1) is 7.57. The van der Waals surface area contributed by atoms with Crippen LogP contribution in [0, 0.1) is 18.2 Å². The number of aryl methyl sites for hydroxylation is 1. The summed E-state index contributed by atoms with van der Waals surface area (Å²) in [6, 6.07) is 4.74. The van der Waals surface area contributed by atoms with Crippen molar-refractivity contribution in [2.24, 2.45) is 11.1 Å². The molecular formula is C12H15FN2O. The molecule has 3 N–H and O–H groups in total. The van der Waals surface area contributed by atoms with E-state index >= 15 is 0 Å². The largest absolute Gasteiger partial charge is 0.329 e. The number of hydrogen-bond donors (Lipinski definition) is 2. The molecule has 1 aliphatic rings. The van der Waals surface area contributed by atoms with E-state index in [2.05, 4.69) is 5.32 Å². The Labute approximate surface area is 93.8 Å². The highest BCUT2D eigenvalue weighted by Crippen LogP contribution is 2.45. The lowest BCUT2D eigenvalue weighted by atomic mass is 10.1. The van der Waals surface area contributed by atoms with Crippen LogP contribution in [0.2, 0.25) is 0 Å². The summed E-state index contributed by atoms with van der Waals surface area (Å²) in [7, 11) is 0. The SMILES string of the molecule is Cc1ccc(NC(=O)C2(CN)CC2)c(F)c1. The molecule has 0 aromatic heterocycles. The first-order valence-electron chi connectivity index (χ1n) is 5.35. The first kappa shape index (κ1) is 11.1. The van der Waals surface area contributed by atoms with Crippen molar-refractivity contribution in [1.29, 1.82) is 0 Å². The van der Waals surface area contributed by atoms with E-state index in [0.717, 1.165) is 18.4 Å². The number of carbonyl (C=O) groups excluding carboxylic acids is 1. The van der Waals surface area contributed by atoms with Crippen LogP contribution in [0.15, 0.2) is 18.2 Å². The fourth-order valence-electron chi connectivity index (χ4n) is 1.65. The summed E-state index contributed by atoms with van der Waals surface area (Å²) >= 11 is 0. The Bertz CT molecular complexity index is 427. The standard InChI is InChI=1S/C12H15FN2O/c1-8-2-3-10(9(13)6-8)15-11(16)12(7-14)4-5-12/h2-3,6H,4-5,7,14H2,1H3,(H,15,16). The van der Waals surface area contributed by atoms with E-state index in [4.69, 9.17) is 5.73 Å². The van der Waals surface area contributed by atoms with Crippen molar-refractivity contribution >= 4 is 11.6 Å². The van der Waals surface area contributed by atoms with Gasteiger partial charge in [0.2, 0.25) is 5.91 Å². The zero-order chi connectivity index (χ0) is 11.8. The number of rotatable bonds is 3. The van der Waals surface area contributed by atoms with Gasteiger partial charge < -0.3 is 11.1 Å². The van der Waals surface area contributed by atoms with Crippen molar-refractivity contribution < 1.29 is 9.18 Å². The molecule has 0 spiro atoms. The third-order valence-electron chi connectivity index (χ3n) is 3.10. The summed E-state index contributed by atoms with van der Waals surface area (Å²) < 4.78 is 13.5. The van der Waals surface area contributed by atoms with Crippen LogP contribution in [-0.4, -0.2) is 12.5 Å². The molecule has 3 nitrogen and oxygen atoms in total. The predicted molar refractivity (Wildman–Crippen MR) is 60.5 cm³/mol. The summed E-state index contributed by atoms with van der Waals surface area (Å²) in [4.78, 5) is 11.8. The highest BCUT2D eigenvalue weighted by molar-refractivity contribution is 5.97. The van der Waals surface area contributed by atoms with Gasteiger partial charge in [-0.1, -0.05) is 6.07 Å². The minimum Gasteiger partial charge on any atom is -0.329 e. The van der Waals surface area contributed by atoms with Gasteiger partial charge >= 0.3 is 0 Å². The van der Waals surface area contributed by atoms with E-state index in [0.29, 0.717) is 6.54 Å². The normalized spacial score (nSPS) is 16.9. The highest BCUT2D eigenvalue weighted by Gasteiger charge is 2.48. The van der Waals surface area contributed by atoms with Crippen LogP contribution >= 0.6 is 0 Å². The minimum absolute atomic E-state index is 0.169. The van der Waals surface area contributed by atoms with Crippen LogP contribution in [0.4, 0.5) is 10.1 Å². The van der Waals surface area contributed by atoms with E-state index < -0.39 is 11.2 Å². The van der Waals surface area contributed by atoms with Crippen LogP contribution in [0.1, 0.15) is 18.4 Å². The molecule has 0 bridgehead atoms. The number of carbonyl (C=O) groups is 1. The lowest BCUT2D eigenvalue weighted by Crippen LogP contribution is -2.31. The Morgan fingerprint density at radius 3 is 2.75 bits per heavy atom. The van der Waals surface area contributed by atoms with Gasteiger partial charge in [-0.2, -0.15) is 0 Å². The molecule has 1 aromatic carbocycles. The molecule has 0 atom stereocenters. The van der Waals surface area contributed by atoms with Crippen LogP contribution in [-0.2, 0) is 4.79 Å². The van der Waals surface area contributed by atoms with Crippen LogP contribution < -0.4 is 11.1 Å². The van der Waals surface area contributed by atoms with Gasteiger partial charge in [0.1, 0.15) is 5.82 Å². The number of benzene rings is 1. The predicted octanol–water partition coefficient (Wildman–Crippen LogP) is 1.81. The Morgan fingerprint density at radius 1 is 1.56 bits per heavy atom. The Hall–Kier alpha value is -1.42. The molecule has 1 aliphatic carbocycles. The summed E-state index contributed by atoms with van der Waals surface area (Å²) in [6.45, 7) is 2.13. The average molecular weight is 222 g/mol. The van der Waals surface area contributed by atoms with Gasteiger partial charge in [0.15, 0.2) is 0 Å². The minimum atomic E-state index is -0.447. The molecule has 0 heterocycles. The zero-order valence-corrected chi connectivity index (χ0v) is 9.22. The molecule has 0 saturated heterocycles. The van der Waals surface area contributed by atoms with Gasteiger partial charge in [-0.25, -0.2) is 4.39 Å². The average Bonchev–Trinajstić information content (AvgIpc) is 3.03. The van der Waals surface area contributed by atoms with E-state index in [1.807, 2.05) is 0 Å². The lowest BCUT2D eigenvalue weighted by molar-refractivity contribution is -0.120. The maximum absolute atomic E-state index is 13.5. The Kier molecular flexibility index (Phi) is 2.68. The second-order valence-electron chi connectivity index (χ2n) is 4.42. The fourth-order valence-corrected chi connectivity index (χ4v) is 1.65. The molecule has 0 unspecified atom stereocenters. The smallest absolute Gasteiger partial charge is 0.231 e. The van der Waals surface area contributed by atoms with Crippen molar-refractivity contribution in [3.63, 3.8) is 0 Å². The van der Waals surface area contributed by atoms with E-state index in [-0.39, 0.29) is 11.6 Å². The maximum atomic E-state index is 13.5. The van der Waals surface area contributed by atoms with Crippen molar-refractivity contribution in [2.45, 2.75) is 19.8 Å². The molecule has 0 radical (unpaired) electrons. The number of nitrogens with one attached hydrogen (secondary N) is 1. The van der Waals surface area contributed by atoms with Gasteiger partial charge in [-0.15, -0.1) is 0 Å². The van der Waals surface area contributed by atoms with E-state index in [9.17, 15) is 9.18 Å². The molecule has 1 saturated carbocycles. The topological polar surface area (TPSA) is 55.1 Å². The molecule has 16 heavy (non-hydrogen) atoms. The molecule has 1 amide bonds. The lowest BCUT2D eigenvalue weighted by Gasteiger charge is -2.13. The molecule has 1 fully saturated rings. The molecule has 1 aromatic rings. The number of amides is 1. The number of anilines is 1. The van der Waals surface area contributed by atoms with Gasteiger partial charge in [-0.05, 0) is 37.5 Å². The molecule has 86 valence electrons. The number of hydrogen-bond acceptors (Lipinski definition) is 2. The van der Waals surface area contributed by atoms with Crippen molar-refractivity contribution in [2.75, 3.05) is 11.9 Å². The van der Waals surface area contributed by atoms with Gasteiger partial charge in [0.25, 0.3) is 0 Å². The van der Waals surface area contributed by atoms with Gasteiger partial charge in [0.05, 0.1) is 11.1 Å². The molecule has 4 heteroatoms. The first-order valence-corrected chi connectivity index (χ1v) is 5.35. The third-order valence-corrected chi connectivity index (χ3v) is 3.10. The number of nitrogens with two attached hydrogens (primary N) is 1. The number of halogens is 1. The van der Waals surface area contributed by atoms with Crippen LogP contribution in [0.25, 0.3) is 0 Å². The second kappa shape index (κ2) is 3.87. The summed E-state index contributed by atoms with van der Waals surface area (Å²) in [5.41, 5.74) is 6.14. The van der Waals surface area contributed by atoms with Crippen molar-refractivity contribution in [3.05, 3.63) is 29.6 Å². The molecular weight excluding hydrogens is 207 g/mol. The quantitative estimate of drug-likeness (QED) is 0.819. The van der Waals surface area contributed by atoms with Crippen LogP contribution in [0.3, 0.4) is 0 Å². The fraction of sp³-hybridized carbons (Fsp3) is 0.417. The maximum Gasteiger partial charge on any atom is 0.231 e. The van der Waals surface area contributed by atoms with E-state index in [1.165, 1.54) is 6.07 Å². The van der Waals surface area contributed by atoms with Crippen molar-refractivity contribution in [1.82, 2.24) is 0 Å². The monoisotopic (exact) mass is 222 g/mol. The van der Waals surface area contributed by atoms with Crippen molar-refractivity contribution in [3.8, 4) is 0 Å². The Balaban J connectivity index is 2.12. The van der Waals surface area contributed by atoms with Crippen LogP contribution in [0.5, 0.6) is 0 Å². The summed E-state index contributed by atoms with van der Waals surface area (Å²) in [5, 5.41) is 2.60. The molecule has 2 rings (SSSR count). The second-order valence-corrected chi connectivity index (χ2v) is 4.42. The zero-order valence-electron chi connectivity index (χ0n) is 9.22. The Morgan fingerprint density at radius 2 is 2.25 bits per heavy atom. The van der Waals surface area contributed by atoms with E-state index in [1.54, 1.807) is 19.1 Å². The summed E-state index contributed by atoms with van der Waals surface area (Å²) in [6.07, 6.45) is 1.59. The third kappa shape index (κ3) is 1.93. The van der Waals surface area contributed by atoms with Gasteiger partial charge in [-0.3, -0.25) is 4.79 Å². The molecule has 0 aliphatic heterocycles.